The van der Waals surface area contributed by atoms with E-state index in [2.05, 4.69) is 20.0 Å². The fourth-order valence-corrected chi connectivity index (χ4v) is 3.13. The Kier molecular flexibility index (Phi) is 5.47. The lowest BCUT2D eigenvalue weighted by molar-refractivity contribution is -0.131. The number of aryl methyl sites for hydroxylation is 2. The van der Waals surface area contributed by atoms with Gasteiger partial charge in [0, 0.05) is 38.9 Å². The Bertz CT molecular complexity index is 711. The van der Waals surface area contributed by atoms with Gasteiger partial charge in [0.05, 0.1) is 19.3 Å². The third-order valence-corrected chi connectivity index (χ3v) is 4.53. The molecule has 0 aliphatic carbocycles. The molecule has 0 aromatic carbocycles. The summed E-state index contributed by atoms with van der Waals surface area (Å²) < 4.78 is 10.8. The van der Waals surface area contributed by atoms with Crippen LogP contribution in [0.2, 0.25) is 0 Å². The maximum Gasteiger partial charge on any atom is 0.226 e. The van der Waals surface area contributed by atoms with Crippen LogP contribution in [0.5, 0.6) is 0 Å². The number of likely N-dealkylation sites (tertiary alicyclic amines) is 1. The number of aromatic nitrogens is 3. The Balaban J connectivity index is 1.60. The van der Waals surface area contributed by atoms with Crippen molar-refractivity contribution in [2.24, 2.45) is 0 Å². The number of nitrogens with zero attached hydrogens (tertiary/aromatic N) is 5. The lowest BCUT2D eigenvalue weighted by atomic mass is 10.2. The van der Waals surface area contributed by atoms with E-state index in [0.29, 0.717) is 31.2 Å². The van der Waals surface area contributed by atoms with Gasteiger partial charge in [0.15, 0.2) is 5.82 Å². The van der Waals surface area contributed by atoms with Gasteiger partial charge < -0.3 is 13.8 Å². The Hall–Kier alpha value is -2.22. The van der Waals surface area contributed by atoms with Crippen LogP contribution < -0.4 is 0 Å². The monoisotopic (exact) mass is 347 g/mol. The number of amides is 1. The van der Waals surface area contributed by atoms with Crippen molar-refractivity contribution in [1.82, 2.24) is 24.9 Å². The van der Waals surface area contributed by atoms with Crippen molar-refractivity contribution < 1.29 is 13.7 Å². The zero-order valence-electron chi connectivity index (χ0n) is 15.1. The number of carbonyl (C=O) groups is 1. The van der Waals surface area contributed by atoms with E-state index in [1.165, 1.54) is 0 Å². The van der Waals surface area contributed by atoms with E-state index in [4.69, 9.17) is 8.94 Å². The maximum atomic E-state index is 12.1. The van der Waals surface area contributed by atoms with Crippen LogP contribution in [0, 0.1) is 0 Å². The molecule has 0 spiro atoms. The van der Waals surface area contributed by atoms with Crippen LogP contribution in [0.1, 0.15) is 50.6 Å². The molecule has 0 bridgehead atoms. The highest BCUT2D eigenvalue weighted by atomic mass is 16.5. The molecule has 1 aliphatic rings. The molecular weight excluding hydrogens is 322 g/mol. The molecule has 3 heterocycles. The first-order valence-electron chi connectivity index (χ1n) is 8.83. The summed E-state index contributed by atoms with van der Waals surface area (Å²) in [7, 11) is 0. The van der Waals surface area contributed by atoms with E-state index in [-0.39, 0.29) is 11.9 Å². The molecule has 1 amide bonds. The molecule has 1 unspecified atom stereocenters. The lowest BCUT2D eigenvalue weighted by Crippen LogP contribution is -2.40. The fourth-order valence-electron chi connectivity index (χ4n) is 3.13. The van der Waals surface area contributed by atoms with E-state index in [1.807, 2.05) is 18.7 Å². The molecule has 3 rings (SSSR count). The van der Waals surface area contributed by atoms with Crippen LogP contribution in [0.4, 0.5) is 0 Å². The van der Waals surface area contributed by atoms with Gasteiger partial charge in [0.25, 0.3) is 0 Å². The van der Waals surface area contributed by atoms with Crippen molar-refractivity contribution in [3.63, 3.8) is 0 Å². The van der Waals surface area contributed by atoms with Gasteiger partial charge in [-0.3, -0.25) is 9.69 Å². The van der Waals surface area contributed by atoms with Gasteiger partial charge in [-0.15, -0.1) is 0 Å². The standard InChI is InChI=1S/C17H25N5O3/c1-4-14-8-18-17(24-14)11-21-7-6-13(9-21)22(12(3)23)10-15-19-16(5-2)25-20-15/h8,13H,4-7,9-11H2,1-3H3. The first kappa shape index (κ1) is 17.6. The van der Waals surface area contributed by atoms with Crippen LogP contribution in [-0.4, -0.2) is 50.0 Å². The SMILES string of the molecule is CCc1cnc(CN2CCC(N(Cc3noc(CC)n3)C(C)=O)C2)o1. The number of hydrogen-bond donors (Lipinski definition) is 0. The minimum absolute atomic E-state index is 0.0269. The van der Waals surface area contributed by atoms with Crippen molar-refractivity contribution in [2.75, 3.05) is 13.1 Å². The average molecular weight is 347 g/mol. The molecule has 1 fully saturated rings. The molecule has 136 valence electrons. The fraction of sp³-hybridized carbons (Fsp3) is 0.647. The summed E-state index contributed by atoms with van der Waals surface area (Å²) >= 11 is 0. The van der Waals surface area contributed by atoms with Crippen LogP contribution >= 0.6 is 0 Å². The van der Waals surface area contributed by atoms with Crippen molar-refractivity contribution in [3.05, 3.63) is 29.6 Å². The van der Waals surface area contributed by atoms with Crippen molar-refractivity contribution in [3.8, 4) is 0 Å². The van der Waals surface area contributed by atoms with Crippen LogP contribution in [0.25, 0.3) is 0 Å². The van der Waals surface area contributed by atoms with Gasteiger partial charge in [-0.05, 0) is 6.42 Å². The molecule has 1 atom stereocenters. The highest BCUT2D eigenvalue weighted by Crippen LogP contribution is 2.20. The van der Waals surface area contributed by atoms with Gasteiger partial charge >= 0.3 is 0 Å². The average Bonchev–Trinajstić information content (AvgIpc) is 3.33. The van der Waals surface area contributed by atoms with Gasteiger partial charge in [0.1, 0.15) is 5.76 Å². The first-order valence-corrected chi connectivity index (χ1v) is 8.83. The lowest BCUT2D eigenvalue weighted by Gasteiger charge is -2.26. The molecule has 25 heavy (non-hydrogen) atoms. The molecular formula is C17H25N5O3. The zero-order valence-corrected chi connectivity index (χ0v) is 15.1. The molecule has 1 saturated heterocycles. The summed E-state index contributed by atoms with van der Waals surface area (Å²) in [6.45, 7) is 8.35. The predicted molar refractivity (Wildman–Crippen MR) is 89.5 cm³/mol. The quantitative estimate of drug-likeness (QED) is 0.754. The van der Waals surface area contributed by atoms with E-state index in [0.717, 1.165) is 37.6 Å². The number of hydrogen-bond acceptors (Lipinski definition) is 7. The predicted octanol–water partition coefficient (Wildman–Crippen LogP) is 1.81. The number of oxazole rings is 1. The third-order valence-electron chi connectivity index (χ3n) is 4.53. The smallest absolute Gasteiger partial charge is 0.226 e. The molecule has 2 aromatic rings. The summed E-state index contributed by atoms with van der Waals surface area (Å²) in [5.41, 5.74) is 0. The van der Waals surface area contributed by atoms with Crippen molar-refractivity contribution in [2.45, 2.75) is 59.2 Å². The second-order valence-corrected chi connectivity index (χ2v) is 6.36. The molecule has 0 saturated carbocycles. The van der Waals surface area contributed by atoms with Gasteiger partial charge in [-0.25, -0.2) is 4.98 Å². The normalized spacial score (nSPS) is 18.0. The molecule has 8 heteroatoms. The molecule has 8 nitrogen and oxygen atoms in total. The summed E-state index contributed by atoms with van der Waals surface area (Å²) in [6, 6.07) is 0.140. The minimum atomic E-state index is 0.0269. The summed E-state index contributed by atoms with van der Waals surface area (Å²) in [4.78, 5) is 24.8. The Morgan fingerprint density at radius 2 is 2.20 bits per heavy atom. The summed E-state index contributed by atoms with van der Waals surface area (Å²) in [6.07, 6.45) is 4.24. The third kappa shape index (κ3) is 4.25. The van der Waals surface area contributed by atoms with Crippen LogP contribution in [0.3, 0.4) is 0 Å². The van der Waals surface area contributed by atoms with E-state index in [1.54, 1.807) is 13.1 Å². The number of rotatable bonds is 7. The zero-order chi connectivity index (χ0) is 17.8. The maximum absolute atomic E-state index is 12.1. The molecule has 0 radical (unpaired) electrons. The highest BCUT2D eigenvalue weighted by molar-refractivity contribution is 5.73. The van der Waals surface area contributed by atoms with E-state index >= 15 is 0 Å². The van der Waals surface area contributed by atoms with Crippen molar-refractivity contribution in [1.29, 1.82) is 0 Å². The second-order valence-electron chi connectivity index (χ2n) is 6.36. The summed E-state index contributed by atoms with van der Waals surface area (Å²) in [5, 5.41) is 3.96. The minimum Gasteiger partial charge on any atom is -0.444 e. The highest BCUT2D eigenvalue weighted by Gasteiger charge is 2.30. The molecule has 2 aromatic heterocycles. The van der Waals surface area contributed by atoms with Gasteiger partial charge in [-0.2, -0.15) is 4.98 Å². The largest absolute Gasteiger partial charge is 0.444 e. The Morgan fingerprint density at radius 3 is 2.84 bits per heavy atom. The summed E-state index contributed by atoms with van der Waals surface area (Å²) in [5.74, 6) is 2.82. The molecule has 0 N–H and O–H groups in total. The van der Waals surface area contributed by atoms with Crippen molar-refractivity contribution >= 4 is 5.91 Å². The second kappa shape index (κ2) is 7.77. The van der Waals surface area contributed by atoms with Crippen LogP contribution in [0.15, 0.2) is 15.1 Å². The van der Waals surface area contributed by atoms with E-state index < -0.39 is 0 Å². The Labute approximate surface area is 147 Å². The van der Waals surface area contributed by atoms with Gasteiger partial charge in [0.2, 0.25) is 17.7 Å². The Morgan fingerprint density at radius 1 is 1.36 bits per heavy atom. The van der Waals surface area contributed by atoms with E-state index in [9.17, 15) is 4.79 Å². The number of carbonyl (C=O) groups excluding carboxylic acids is 1. The van der Waals surface area contributed by atoms with Crippen LogP contribution in [-0.2, 0) is 30.7 Å². The topological polar surface area (TPSA) is 88.5 Å². The van der Waals surface area contributed by atoms with Gasteiger partial charge in [-0.1, -0.05) is 19.0 Å². The molecule has 1 aliphatic heterocycles. The first-order chi connectivity index (χ1) is 12.1.